The zero-order chi connectivity index (χ0) is 22.3. The Morgan fingerprint density at radius 2 is 0.833 bits per heavy atom. The number of Topliss-reactive ketones (excluding diaryl/α,β-unsaturated/α-hetero) is 2. The number of benzene rings is 2. The summed E-state index contributed by atoms with van der Waals surface area (Å²) in [5.41, 5.74) is -0.0420. The van der Waals surface area contributed by atoms with Crippen molar-refractivity contribution >= 4 is 11.6 Å². The maximum absolute atomic E-state index is 12.1. The summed E-state index contributed by atoms with van der Waals surface area (Å²) >= 11 is 0. The summed E-state index contributed by atoms with van der Waals surface area (Å²) in [7, 11) is 0. The highest BCUT2D eigenvalue weighted by atomic mass is 16.3. The third kappa shape index (κ3) is 5.56. The van der Waals surface area contributed by atoms with Crippen LogP contribution in [0.4, 0.5) is 0 Å². The number of unbranched alkanes of at least 4 members (excludes halogenated alkanes) is 5. The van der Waals surface area contributed by atoms with Crippen LogP contribution in [0.1, 0.15) is 72.1 Å². The predicted octanol–water partition coefficient (Wildman–Crippen LogP) is 4.11. The minimum absolute atomic E-state index is 0.0210. The summed E-state index contributed by atoms with van der Waals surface area (Å²) in [6, 6.07) is 4.86. The maximum atomic E-state index is 12.1. The van der Waals surface area contributed by atoms with Crippen LogP contribution in [0.3, 0.4) is 0 Å². The summed E-state index contributed by atoms with van der Waals surface area (Å²) in [6.07, 6.45) is 4.94. The molecule has 0 amide bonds. The lowest BCUT2D eigenvalue weighted by Gasteiger charge is -2.07. The second-order valence-corrected chi connectivity index (χ2v) is 7.13. The van der Waals surface area contributed by atoms with Crippen LogP contribution < -0.4 is 0 Å². The van der Waals surface area contributed by atoms with E-state index in [0.29, 0.717) is 12.8 Å². The average Bonchev–Trinajstić information content (AvgIpc) is 2.72. The summed E-state index contributed by atoms with van der Waals surface area (Å²) in [5, 5.41) is 56.9. The van der Waals surface area contributed by atoms with E-state index in [0.717, 1.165) is 37.8 Å². The molecule has 0 unspecified atom stereocenters. The number of phenolic OH excluding ortho intramolecular Hbond substituents is 6. The Kier molecular flexibility index (Phi) is 7.91. The van der Waals surface area contributed by atoms with Gasteiger partial charge in [0, 0.05) is 12.8 Å². The predicted molar refractivity (Wildman–Crippen MR) is 108 cm³/mol. The molecule has 0 heterocycles. The molecule has 0 aliphatic carbocycles. The quantitative estimate of drug-likeness (QED) is 0.181. The third-order valence-corrected chi connectivity index (χ3v) is 4.92. The van der Waals surface area contributed by atoms with Crippen molar-refractivity contribution in [2.75, 3.05) is 0 Å². The van der Waals surface area contributed by atoms with Gasteiger partial charge in [-0.3, -0.25) is 9.59 Å². The number of aromatic hydroxyl groups is 6. The van der Waals surface area contributed by atoms with Gasteiger partial charge in [0.1, 0.15) is 0 Å². The van der Waals surface area contributed by atoms with Gasteiger partial charge in [0.25, 0.3) is 0 Å². The van der Waals surface area contributed by atoms with Gasteiger partial charge in [0.05, 0.1) is 11.1 Å². The van der Waals surface area contributed by atoms with Crippen LogP contribution in [0.15, 0.2) is 24.3 Å². The number of carbonyl (C=O) groups is 2. The highest BCUT2D eigenvalue weighted by molar-refractivity contribution is 6.00. The Balaban J connectivity index is 1.64. The second-order valence-electron chi connectivity index (χ2n) is 7.13. The molecule has 2 aromatic carbocycles. The summed E-state index contributed by atoms with van der Waals surface area (Å²) in [5.74, 6) is -4.23. The smallest absolute Gasteiger partial charge is 0.201 e. The van der Waals surface area contributed by atoms with E-state index in [1.54, 1.807) is 0 Å². The maximum Gasteiger partial charge on any atom is 0.201 e. The van der Waals surface area contributed by atoms with Crippen molar-refractivity contribution in [2.24, 2.45) is 0 Å². The number of ketones is 2. The molecule has 30 heavy (non-hydrogen) atoms. The Labute approximate surface area is 173 Å². The Morgan fingerprint density at radius 3 is 1.20 bits per heavy atom. The molecule has 0 spiro atoms. The fraction of sp³-hybridized carbons (Fsp3) is 0.364. The molecule has 0 aromatic heterocycles. The molecule has 0 radical (unpaired) electrons. The van der Waals surface area contributed by atoms with Crippen molar-refractivity contribution < 1.29 is 40.2 Å². The van der Waals surface area contributed by atoms with Gasteiger partial charge >= 0.3 is 0 Å². The molecule has 2 aromatic rings. The standard InChI is InChI=1S/C22H26O8/c23-15(13-9-11-17(25)21(29)19(13)27)7-5-3-1-2-4-6-8-16(24)14-10-12-18(26)22(30)20(14)28/h9-12,25-30H,1-8H2. The van der Waals surface area contributed by atoms with Crippen LogP contribution in [-0.2, 0) is 0 Å². The Hall–Kier alpha value is -3.42. The molecule has 0 aliphatic rings. The number of hydrogen-bond donors (Lipinski definition) is 6. The van der Waals surface area contributed by atoms with E-state index in [4.69, 9.17) is 0 Å². The number of hydrogen-bond acceptors (Lipinski definition) is 8. The van der Waals surface area contributed by atoms with Crippen molar-refractivity contribution in [3.05, 3.63) is 35.4 Å². The first-order chi connectivity index (χ1) is 14.2. The van der Waals surface area contributed by atoms with Crippen LogP contribution in [-0.4, -0.2) is 42.2 Å². The van der Waals surface area contributed by atoms with E-state index in [9.17, 15) is 40.2 Å². The zero-order valence-electron chi connectivity index (χ0n) is 16.5. The van der Waals surface area contributed by atoms with Crippen molar-refractivity contribution in [2.45, 2.75) is 51.4 Å². The van der Waals surface area contributed by atoms with E-state index < -0.39 is 34.5 Å². The van der Waals surface area contributed by atoms with Crippen molar-refractivity contribution in [3.8, 4) is 34.5 Å². The molecular formula is C22H26O8. The Bertz CT molecular complexity index is 844. The van der Waals surface area contributed by atoms with E-state index in [1.807, 2.05) is 0 Å². The summed E-state index contributed by atoms with van der Waals surface area (Å²) in [4.78, 5) is 24.2. The molecule has 8 nitrogen and oxygen atoms in total. The highest BCUT2D eigenvalue weighted by Crippen LogP contribution is 2.38. The van der Waals surface area contributed by atoms with Crippen LogP contribution >= 0.6 is 0 Å². The van der Waals surface area contributed by atoms with Gasteiger partial charge in [-0.15, -0.1) is 0 Å². The largest absolute Gasteiger partial charge is 0.504 e. The minimum Gasteiger partial charge on any atom is -0.504 e. The van der Waals surface area contributed by atoms with Crippen LogP contribution in [0, 0.1) is 0 Å². The van der Waals surface area contributed by atoms with Crippen LogP contribution in [0.5, 0.6) is 34.5 Å². The van der Waals surface area contributed by atoms with Crippen molar-refractivity contribution in [3.63, 3.8) is 0 Å². The minimum atomic E-state index is -0.703. The first-order valence-corrected chi connectivity index (χ1v) is 9.78. The molecule has 0 fully saturated rings. The Morgan fingerprint density at radius 1 is 0.500 bits per heavy atom. The fourth-order valence-corrected chi connectivity index (χ4v) is 3.14. The third-order valence-electron chi connectivity index (χ3n) is 4.92. The molecule has 6 N–H and O–H groups in total. The summed E-state index contributed by atoms with van der Waals surface area (Å²) in [6.45, 7) is 0. The first-order valence-electron chi connectivity index (χ1n) is 9.78. The van der Waals surface area contributed by atoms with Gasteiger partial charge in [0.2, 0.25) is 11.5 Å². The van der Waals surface area contributed by atoms with E-state index in [2.05, 4.69) is 0 Å². The topological polar surface area (TPSA) is 156 Å². The zero-order valence-corrected chi connectivity index (χ0v) is 16.5. The average molecular weight is 418 g/mol. The molecule has 0 atom stereocenters. The SMILES string of the molecule is O=C(CCCCCCCCC(=O)c1ccc(O)c(O)c1O)c1ccc(O)c(O)c1O. The molecule has 0 saturated carbocycles. The van der Waals surface area contributed by atoms with Crippen molar-refractivity contribution in [1.82, 2.24) is 0 Å². The van der Waals surface area contributed by atoms with Gasteiger partial charge in [-0.1, -0.05) is 25.7 Å². The molecule has 0 bridgehead atoms. The lowest BCUT2D eigenvalue weighted by Crippen LogP contribution is -2.00. The van der Waals surface area contributed by atoms with Gasteiger partial charge < -0.3 is 30.6 Å². The van der Waals surface area contributed by atoms with Crippen LogP contribution in [0.25, 0.3) is 0 Å². The van der Waals surface area contributed by atoms with Crippen molar-refractivity contribution in [1.29, 1.82) is 0 Å². The van der Waals surface area contributed by atoms with Gasteiger partial charge in [-0.2, -0.15) is 0 Å². The van der Waals surface area contributed by atoms with Gasteiger partial charge in [-0.25, -0.2) is 0 Å². The molecule has 0 aliphatic heterocycles. The first kappa shape index (κ1) is 22.9. The number of phenols is 6. The van der Waals surface area contributed by atoms with Gasteiger partial charge in [-0.05, 0) is 37.1 Å². The fourth-order valence-electron chi connectivity index (χ4n) is 3.14. The van der Waals surface area contributed by atoms with Gasteiger partial charge in [0.15, 0.2) is 34.6 Å². The molecular weight excluding hydrogens is 392 g/mol. The normalized spacial score (nSPS) is 10.8. The lowest BCUT2D eigenvalue weighted by molar-refractivity contribution is 0.0966. The summed E-state index contributed by atoms with van der Waals surface area (Å²) < 4.78 is 0. The van der Waals surface area contributed by atoms with E-state index >= 15 is 0 Å². The second kappa shape index (κ2) is 10.4. The highest BCUT2D eigenvalue weighted by Gasteiger charge is 2.17. The molecule has 8 heteroatoms. The number of rotatable bonds is 11. The molecule has 162 valence electrons. The van der Waals surface area contributed by atoms with E-state index in [-0.39, 0.29) is 35.5 Å². The molecule has 2 rings (SSSR count). The monoisotopic (exact) mass is 418 g/mol. The number of carbonyl (C=O) groups excluding carboxylic acids is 2. The van der Waals surface area contributed by atoms with E-state index in [1.165, 1.54) is 12.1 Å². The molecule has 0 saturated heterocycles. The lowest BCUT2D eigenvalue weighted by atomic mass is 10.0. The van der Waals surface area contributed by atoms with Crippen LogP contribution in [0.2, 0.25) is 0 Å².